The van der Waals surface area contributed by atoms with Crippen LogP contribution < -0.4 is 10.9 Å². The summed E-state index contributed by atoms with van der Waals surface area (Å²) in [4.78, 5) is 37.1. The van der Waals surface area contributed by atoms with Gasteiger partial charge in [0.25, 0.3) is 5.91 Å². The molecule has 2 amide bonds. The fourth-order valence-corrected chi connectivity index (χ4v) is 2.89. The van der Waals surface area contributed by atoms with Crippen molar-refractivity contribution in [3.05, 3.63) is 56.7 Å². The average molecular weight is 351 g/mol. The predicted octanol–water partition coefficient (Wildman–Crippen LogP) is 3.13. The zero-order valence-corrected chi connectivity index (χ0v) is 14.0. The first-order valence-corrected chi connectivity index (χ1v) is 8.10. The highest BCUT2D eigenvalue weighted by molar-refractivity contribution is 7.14. The molecule has 1 aromatic carbocycles. The Morgan fingerprint density at radius 2 is 1.78 bits per heavy atom. The fourth-order valence-electron chi connectivity index (χ4n) is 1.84. The van der Waals surface area contributed by atoms with Crippen molar-refractivity contribution < 1.29 is 14.4 Å². The van der Waals surface area contributed by atoms with Crippen LogP contribution in [0.25, 0.3) is 0 Å². The van der Waals surface area contributed by atoms with Crippen molar-refractivity contribution in [2.24, 2.45) is 0 Å². The van der Waals surface area contributed by atoms with Crippen LogP contribution in [0.3, 0.4) is 0 Å². The lowest BCUT2D eigenvalue weighted by Crippen LogP contribution is -2.41. The van der Waals surface area contributed by atoms with Crippen LogP contribution >= 0.6 is 22.9 Å². The zero-order chi connectivity index (χ0) is 16.8. The zero-order valence-electron chi connectivity index (χ0n) is 12.4. The number of carbonyl (C=O) groups is 3. The van der Waals surface area contributed by atoms with Gasteiger partial charge in [-0.1, -0.05) is 23.7 Å². The van der Waals surface area contributed by atoms with Crippen LogP contribution in [0.1, 0.15) is 37.7 Å². The number of halogens is 1. The lowest BCUT2D eigenvalue weighted by Gasteiger charge is -2.08. The largest absolute Gasteiger partial charge is 0.293 e. The summed E-state index contributed by atoms with van der Waals surface area (Å²) in [6.45, 7) is 1.92. The number of carbonyl (C=O) groups excluding carboxylic acids is 3. The van der Waals surface area contributed by atoms with E-state index in [0.717, 1.165) is 4.88 Å². The molecule has 0 aliphatic rings. The Kier molecular flexibility index (Phi) is 5.90. The van der Waals surface area contributed by atoms with Crippen LogP contribution in [-0.4, -0.2) is 17.6 Å². The van der Waals surface area contributed by atoms with E-state index in [1.54, 1.807) is 30.3 Å². The average Bonchev–Trinajstić information content (AvgIpc) is 2.97. The lowest BCUT2D eigenvalue weighted by atomic mass is 10.2. The first kappa shape index (κ1) is 17.2. The number of rotatable bonds is 5. The smallest absolute Gasteiger partial charge is 0.271 e. The number of Topliss-reactive ketones (excluding diaryl/α,β-unsaturated/α-hetero) is 1. The van der Waals surface area contributed by atoms with E-state index in [1.807, 2.05) is 13.0 Å². The highest BCUT2D eigenvalue weighted by atomic mass is 35.5. The number of hydrogen-bond acceptors (Lipinski definition) is 4. The van der Waals surface area contributed by atoms with Crippen molar-refractivity contribution in [3.63, 3.8) is 0 Å². The molecule has 0 radical (unpaired) electrons. The molecule has 5 nitrogen and oxygen atoms in total. The van der Waals surface area contributed by atoms with Crippen molar-refractivity contribution in [1.29, 1.82) is 0 Å². The standard InChI is InChI=1S/C16H15ClN2O3S/c1-10-6-8-14(23-10)13(20)7-9-15(21)18-19-16(22)11-4-2-3-5-12(11)17/h2-6,8H,7,9H2,1H3,(H,18,21)(H,19,22). The summed E-state index contributed by atoms with van der Waals surface area (Å²) in [5.41, 5.74) is 4.81. The number of nitrogens with one attached hydrogen (secondary N) is 2. The van der Waals surface area contributed by atoms with Gasteiger partial charge in [-0.3, -0.25) is 25.2 Å². The van der Waals surface area contributed by atoms with E-state index in [0.29, 0.717) is 9.90 Å². The minimum Gasteiger partial charge on any atom is -0.293 e. The molecular formula is C16H15ClN2O3S. The normalized spacial score (nSPS) is 10.2. The Morgan fingerprint density at radius 1 is 1.04 bits per heavy atom. The lowest BCUT2D eigenvalue weighted by molar-refractivity contribution is -0.121. The Hall–Kier alpha value is -2.18. The van der Waals surface area contributed by atoms with Gasteiger partial charge in [-0.05, 0) is 31.2 Å². The maximum atomic E-state index is 11.9. The van der Waals surface area contributed by atoms with Gasteiger partial charge in [-0.2, -0.15) is 0 Å². The van der Waals surface area contributed by atoms with E-state index in [4.69, 9.17) is 11.6 Å². The molecule has 7 heteroatoms. The Morgan fingerprint density at radius 3 is 2.43 bits per heavy atom. The van der Waals surface area contributed by atoms with Crippen LogP contribution in [-0.2, 0) is 4.79 Å². The molecule has 0 saturated heterocycles. The molecule has 120 valence electrons. The van der Waals surface area contributed by atoms with Gasteiger partial charge in [0.1, 0.15) is 0 Å². The van der Waals surface area contributed by atoms with Crippen LogP contribution in [0.15, 0.2) is 36.4 Å². The Balaban J connectivity index is 1.78. The van der Waals surface area contributed by atoms with E-state index in [1.165, 1.54) is 11.3 Å². The summed E-state index contributed by atoms with van der Waals surface area (Å²) in [6, 6.07) is 10.1. The molecule has 0 fully saturated rings. The van der Waals surface area contributed by atoms with Crippen LogP contribution in [0.5, 0.6) is 0 Å². The third-order valence-corrected chi connectivity index (χ3v) is 4.40. The summed E-state index contributed by atoms with van der Waals surface area (Å²) < 4.78 is 0. The highest BCUT2D eigenvalue weighted by Gasteiger charge is 2.13. The summed E-state index contributed by atoms with van der Waals surface area (Å²) in [6.07, 6.45) is 0.0896. The van der Waals surface area contributed by atoms with Gasteiger partial charge in [-0.15, -0.1) is 11.3 Å². The molecule has 0 unspecified atom stereocenters. The molecule has 0 aliphatic heterocycles. The summed E-state index contributed by atoms with van der Waals surface area (Å²) in [5, 5.41) is 0.294. The van der Waals surface area contributed by atoms with Crippen LogP contribution in [0.4, 0.5) is 0 Å². The number of thiophene rings is 1. The molecule has 1 heterocycles. The van der Waals surface area contributed by atoms with E-state index in [2.05, 4.69) is 10.9 Å². The predicted molar refractivity (Wildman–Crippen MR) is 89.7 cm³/mol. The minimum atomic E-state index is -0.510. The maximum absolute atomic E-state index is 11.9. The topological polar surface area (TPSA) is 75.3 Å². The number of hydrazine groups is 1. The third kappa shape index (κ3) is 4.91. The second-order valence-corrected chi connectivity index (χ2v) is 6.51. The molecule has 1 aromatic heterocycles. The van der Waals surface area contributed by atoms with E-state index in [-0.39, 0.29) is 24.2 Å². The number of benzene rings is 1. The SMILES string of the molecule is Cc1ccc(C(=O)CCC(=O)NNC(=O)c2ccccc2Cl)s1. The summed E-state index contributed by atoms with van der Waals surface area (Å²) in [5.74, 6) is -1.04. The third-order valence-electron chi connectivity index (χ3n) is 3.03. The van der Waals surface area contributed by atoms with E-state index in [9.17, 15) is 14.4 Å². The monoisotopic (exact) mass is 350 g/mol. The van der Waals surface area contributed by atoms with E-state index < -0.39 is 11.8 Å². The van der Waals surface area contributed by atoms with Crippen molar-refractivity contribution in [2.75, 3.05) is 0 Å². The molecule has 2 aromatic rings. The number of aryl methyl sites for hydroxylation is 1. The van der Waals surface area contributed by atoms with Gasteiger partial charge in [-0.25, -0.2) is 0 Å². The van der Waals surface area contributed by atoms with Gasteiger partial charge in [0.05, 0.1) is 15.5 Å². The van der Waals surface area contributed by atoms with Crippen molar-refractivity contribution in [2.45, 2.75) is 19.8 Å². The molecule has 0 atom stereocenters. The molecular weight excluding hydrogens is 336 g/mol. The Labute approximate surface area is 142 Å². The van der Waals surface area contributed by atoms with Gasteiger partial charge in [0, 0.05) is 17.7 Å². The van der Waals surface area contributed by atoms with Crippen LogP contribution in [0, 0.1) is 6.92 Å². The number of hydrogen-bond donors (Lipinski definition) is 2. The number of amides is 2. The van der Waals surface area contributed by atoms with Crippen molar-refractivity contribution >= 4 is 40.5 Å². The first-order valence-electron chi connectivity index (χ1n) is 6.90. The van der Waals surface area contributed by atoms with E-state index >= 15 is 0 Å². The summed E-state index contributed by atoms with van der Waals surface area (Å²) >= 11 is 7.29. The van der Waals surface area contributed by atoms with Crippen LogP contribution in [0.2, 0.25) is 5.02 Å². The number of ketones is 1. The van der Waals surface area contributed by atoms with Crippen molar-refractivity contribution in [1.82, 2.24) is 10.9 Å². The molecule has 0 spiro atoms. The molecule has 0 aliphatic carbocycles. The first-order chi connectivity index (χ1) is 11.0. The van der Waals surface area contributed by atoms with Gasteiger partial charge in [0.2, 0.25) is 5.91 Å². The van der Waals surface area contributed by atoms with Gasteiger partial charge in [0.15, 0.2) is 5.78 Å². The van der Waals surface area contributed by atoms with Gasteiger partial charge >= 0.3 is 0 Å². The quantitative estimate of drug-likeness (QED) is 0.642. The second-order valence-electron chi connectivity index (χ2n) is 4.82. The van der Waals surface area contributed by atoms with Crippen molar-refractivity contribution in [3.8, 4) is 0 Å². The molecule has 2 rings (SSSR count). The summed E-state index contributed by atoms with van der Waals surface area (Å²) in [7, 11) is 0. The molecule has 0 bridgehead atoms. The molecule has 2 N–H and O–H groups in total. The minimum absolute atomic E-state index is 0.00141. The highest BCUT2D eigenvalue weighted by Crippen LogP contribution is 2.17. The fraction of sp³-hybridized carbons (Fsp3) is 0.188. The maximum Gasteiger partial charge on any atom is 0.271 e. The Bertz CT molecular complexity index is 742. The second kappa shape index (κ2) is 7.89. The molecule has 0 saturated carbocycles. The molecule has 23 heavy (non-hydrogen) atoms. The van der Waals surface area contributed by atoms with Gasteiger partial charge < -0.3 is 0 Å².